The third-order valence-corrected chi connectivity index (χ3v) is 4.17. The quantitative estimate of drug-likeness (QED) is 0.464. The molecule has 0 aliphatic carbocycles. The van der Waals surface area contributed by atoms with E-state index in [0.29, 0.717) is 10.7 Å². The number of benzene rings is 3. The molecule has 0 radical (unpaired) electrons. The van der Waals surface area contributed by atoms with Crippen LogP contribution in [-0.2, 0) is 14.3 Å². The fourth-order valence-electron chi connectivity index (χ4n) is 2.57. The molecule has 0 bridgehead atoms. The van der Waals surface area contributed by atoms with Crippen LogP contribution in [0.1, 0.15) is 5.56 Å². The first kappa shape index (κ1) is 19.4. The van der Waals surface area contributed by atoms with Gasteiger partial charge in [-0.25, -0.2) is 4.79 Å². The van der Waals surface area contributed by atoms with Gasteiger partial charge in [0, 0.05) is 22.3 Å². The fraction of sp³-hybridized carbons (Fsp3) is 0.0435. The van der Waals surface area contributed by atoms with E-state index in [1.807, 2.05) is 54.6 Å². The van der Waals surface area contributed by atoms with Crippen molar-refractivity contribution in [2.75, 3.05) is 11.9 Å². The van der Waals surface area contributed by atoms with Gasteiger partial charge >= 0.3 is 5.97 Å². The van der Waals surface area contributed by atoms with E-state index in [9.17, 15) is 9.59 Å². The lowest BCUT2D eigenvalue weighted by molar-refractivity contribution is -0.142. The zero-order valence-electron chi connectivity index (χ0n) is 15.0. The lowest BCUT2D eigenvalue weighted by Crippen LogP contribution is -2.20. The number of hydrogen-bond donors (Lipinski definition) is 1. The Morgan fingerprint density at radius 3 is 2.32 bits per heavy atom. The van der Waals surface area contributed by atoms with Gasteiger partial charge in [-0.15, -0.1) is 0 Å². The number of halogens is 1. The average molecular weight is 392 g/mol. The van der Waals surface area contributed by atoms with Crippen LogP contribution in [0.25, 0.3) is 17.2 Å². The first-order chi connectivity index (χ1) is 13.6. The molecule has 0 fully saturated rings. The van der Waals surface area contributed by atoms with Gasteiger partial charge in [-0.3, -0.25) is 4.79 Å². The van der Waals surface area contributed by atoms with Crippen molar-refractivity contribution < 1.29 is 14.3 Å². The van der Waals surface area contributed by atoms with Gasteiger partial charge in [0.25, 0.3) is 5.91 Å². The molecule has 140 valence electrons. The lowest BCUT2D eigenvalue weighted by atomic mass is 10.0. The van der Waals surface area contributed by atoms with E-state index in [2.05, 4.69) is 5.32 Å². The van der Waals surface area contributed by atoms with E-state index >= 15 is 0 Å². The Labute approximate surface area is 168 Å². The minimum atomic E-state index is -0.596. The highest BCUT2D eigenvalue weighted by molar-refractivity contribution is 6.30. The van der Waals surface area contributed by atoms with E-state index < -0.39 is 11.9 Å². The number of amides is 1. The van der Waals surface area contributed by atoms with E-state index in [0.717, 1.165) is 16.7 Å². The maximum atomic E-state index is 12.2. The Morgan fingerprint density at radius 2 is 1.57 bits per heavy atom. The molecule has 0 heterocycles. The Hall–Kier alpha value is -3.37. The summed E-state index contributed by atoms with van der Waals surface area (Å²) in [7, 11) is 0. The smallest absolute Gasteiger partial charge is 0.331 e. The highest BCUT2D eigenvalue weighted by Gasteiger charge is 2.09. The summed E-state index contributed by atoms with van der Waals surface area (Å²) in [6, 6.07) is 24.2. The van der Waals surface area contributed by atoms with Crippen LogP contribution in [0.2, 0.25) is 5.02 Å². The van der Waals surface area contributed by atoms with Crippen molar-refractivity contribution in [3.63, 3.8) is 0 Å². The molecule has 3 aromatic carbocycles. The zero-order valence-corrected chi connectivity index (χ0v) is 15.7. The molecule has 3 aromatic rings. The molecule has 0 saturated heterocycles. The SMILES string of the molecule is O=C(COC(=O)/C=C/c1ccc(Cl)cc1)Nc1ccccc1-c1ccccc1. The average Bonchev–Trinajstić information content (AvgIpc) is 2.73. The Kier molecular flexibility index (Phi) is 6.60. The molecular weight excluding hydrogens is 374 g/mol. The number of nitrogens with one attached hydrogen (secondary N) is 1. The Bertz CT molecular complexity index is 982. The maximum absolute atomic E-state index is 12.2. The van der Waals surface area contributed by atoms with Crippen LogP contribution in [0.15, 0.2) is 84.9 Å². The first-order valence-corrected chi connectivity index (χ1v) is 9.04. The maximum Gasteiger partial charge on any atom is 0.331 e. The van der Waals surface area contributed by atoms with Crippen LogP contribution in [0.5, 0.6) is 0 Å². The normalized spacial score (nSPS) is 10.6. The number of carbonyl (C=O) groups excluding carboxylic acids is 2. The van der Waals surface area contributed by atoms with Crippen molar-refractivity contribution in [2.45, 2.75) is 0 Å². The number of rotatable bonds is 6. The van der Waals surface area contributed by atoms with Gasteiger partial charge in [-0.1, -0.05) is 72.3 Å². The number of carbonyl (C=O) groups is 2. The lowest BCUT2D eigenvalue weighted by Gasteiger charge is -2.11. The molecule has 1 N–H and O–H groups in total. The molecule has 0 aliphatic heterocycles. The predicted octanol–water partition coefficient (Wildman–Crippen LogP) is 5.20. The van der Waals surface area contributed by atoms with Crippen LogP contribution in [-0.4, -0.2) is 18.5 Å². The minimum absolute atomic E-state index is 0.368. The highest BCUT2D eigenvalue weighted by atomic mass is 35.5. The van der Waals surface area contributed by atoms with Gasteiger partial charge in [-0.2, -0.15) is 0 Å². The third kappa shape index (κ3) is 5.56. The highest BCUT2D eigenvalue weighted by Crippen LogP contribution is 2.27. The second-order valence-electron chi connectivity index (χ2n) is 5.95. The summed E-state index contributed by atoms with van der Waals surface area (Å²) in [5.74, 6) is -1.00. The summed E-state index contributed by atoms with van der Waals surface area (Å²) in [5.41, 5.74) is 3.35. The van der Waals surface area contributed by atoms with Crippen molar-refractivity contribution in [2.24, 2.45) is 0 Å². The van der Waals surface area contributed by atoms with Crippen molar-refractivity contribution in [3.05, 3.63) is 95.5 Å². The summed E-state index contributed by atoms with van der Waals surface area (Å²) in [5, 5.41) is 3.41. The fourth-order valence-corrected chi connectivity index (χ4v) is 2.70. The molecule has 0 spiro atoms. The number of hydrogen-bond acceptors (Lipinski definition) is 3. The second kappa shape index (κ2) is 9.53. The molecule has 0 saturated carbocycles. The molecule has 0 unspecified atom stereocenters. The third-order valence-electron chi connectivity index (χ3n) is 3.91. The molecule has 5 heteroatoms. The molecular formula is C23H18ClNO3. The number of esters is 1. The van der Waals surface area contributed by atoms with Crippen LogP contribution in [0, 0.1) is 0 Å². The van der Waals surface area contributed by atoms with E-state index in [4.69, 9.17) is 16.3 Å². The van der Waals surface area contributed by atoms with Gasteiger partial charge in [0.2, 0.25) is 0 Å². The second-order valence-corrected chi connectivity index (χ2v) is 6.39. The monoisotopic (exact) mass is 391 g/mol. The van der Waals surface area contributed by atoms with Crippen molar-refractivity contribution >= 4 is 35.2 Å². The molecule has 28 heavy (non-hydrogen) atoms. The summed E-state index contributed by atoms with van der Waals surface area (Å²) in [4.78, 5) is 24.0. The van der Waals surface area contributed by atoms with Crippen molar-refractivity contribution in [1.82, 2.24) is 0 Å². The van der Waals surface area contributed by atoms with Crippen LogP contribution in [0.3, 0.4) is 0 Å². The minimum Gasteiger partial charge on any atom is -0.452 e. The molecule has 3 rings (SSSR count). The molecule has 1 amide bonds. The summed E-state index contributed by atoms with van der Waals surface area (Å²) < 4.78 is 5.00. The molecule has 0 aliphatic rings. The molecule has 4 nitrogen and oxygen atoms in total. The van der Waals surface area contributed by atoms with Gasteiger partial charge in [-0.05, 0) is 35.4 Å². The van der Waals surface area contributed by atoms with E-state index in [1.165, 1.54) is 6.08 Å². The number of para-hydroxylation sites is 1. The van der Waals surface area contributed by atoms with Crippen LogP contribution in [0.4, 0.5) is 5.69 Å². The largest absolute Gasteiger partial charge is 0.452 e. The van der Waals surface area contributed by atoms with Crippen LogP contribution >= 0.6 is 11.6 Å². The summed E-state index contributed by atoms with van der Waals surface area (Å²) >= 11 is 5.82. The number of anilines is 1. The van der Waals surface area contributed by atoms with E-state index in [1.54, 1.807) is 30.3 Å². The van der Waals surface area contributed by atoms with Gasteiger partial charge in [0.1, 0.15) is 0 Å². The predicted molar refractivity (Wildman–Crippen MR) is 112 cm³/mol. The zero-order chi connectivity index (χ0) is 19.8. The van der Waals surface area contributed by atoms with Gasteiger partial charge < -0.3 is 10.1 Å². The van der Waals surface area contributed by atoms with E-state index in [-0.39, 0.29) is 6.61 Å². The summed E-state index contributed by atoms with van der Waals surface area (Å²) in [6.45, 7) is -0.368. The standard InChI is InChI=1S/C23H18ClNO3/c24-19-13-10-17(11-14-19)12-15-23(27)28-16-22(26)25-21-9-5-4-8-20(21)18-6-2-1-3-7-18/h1-15H,16H2,(H,25,26)/b15-12+. The van der Waals surface area contributed by atoms with Crippen LogP contribution < -0.4 is 5.32 Å². The summed E-state index contributed by atoms with van der Waals surface area (Å²) in [6.07, 6.45) is 2.87. The number of ether oxygens (including phenoxy) is 1. The Morgan fingerprint density at radius 1 is 0.893 bits per heavy atom. The first-order valence-electron chi connectivity index (χ1n) is 8.66. The Balaban J connectivity index is 1.56. The molecule has 0 aromatic heterocycles. The van der Waals surface area contributed by atoms with Gasteiger partial charge in [0.05, 0.1) is 0 Å². The van der Waals surface area contributed by atoms with Crippen molar-refractivity contribution in [1.29, 1.82) is 0 Å². The molecule has 0 atom stereocenters. The topological polar surface area (TPSA) is 55.4 Å². The van der Waals surface area contributed by atoms with Crippen molar-refractivity contribution in [3.8, 4) is 11.1 Å². The van der Waals surface area contributed by atoms with Gasteiger partial charge in [0.15, 0.2) is 6.61 Å².